The summed E-state index contributed by atoms with van der Waals surface area (Å²) in [6.45, 7) is 1.65. The van der Waals surface area contributed by atoms with E-state index in [0.717, 1.165) is 19.3 Å². The van der Waals surface area contributed by atoms with Gasteiger partial charge in [-0.25, -0.2) is 0 Å². The molecule has 1 aromatic carbocycles. The number of fused-ring (bicyclic) bond motifs is 1. The van der Waals surface area contributed by atoms with E-state index in [4.69, 9.17) is 9.47 Å². The Morgan fingerprint density at radius 1 is 1.12 bits per heavy atom. The lowest BCUT2D eigenvalue weighted by atomic mass is 9.49. The van der Waals surface area contributed by atoms with Crippen molar-refractivity contribution >= 4 is 33.3 Å². The van der Waals surface area contributed by atoms with Crippen molar-refractivity contribution in [3.63, 3.8) is 0 Å². The molecule has 0 radical (unpaired) electrons. The zero-order valence-corrected chi connectivity index (χ0v) is 16.4. The molecule has 6 heteroatoms. The fraction of sp³-hybridized carbons (Fsp3) is 0.600. The Bertz CT molecular complexity index is 806. The van der Waals surface area contributed by atoms with Crippen LogP contribution in [0.2, 0.25) is 0 Å². The van der Waals surface area contributed by atoms with E-state index in [9.17, 15) is 9.59 Å². The Morgan fingerprint density at radius 2 is 1.77 bits per heavy atom. The van der Waals surface area contributed by atoms with E-state index in [1.807, 2.05) is 0 Å². The number of ether oxygens (including phenoxy) is 2. The number of amides is 1. The third-order valence-electron chi connectivity index (χ3n) is 6.61. The minimum atomic E-state index is -0.321. The highest BCUT2D eigenvalue weighted by Gasteiger charge is 2.59. The second-order valence-electron chi connectivity index (χ2n) is 8.65. The molecule has 2 unspecified atom stereocenters. The predicted molar refractivity (Wildman–Crippen MR) is 100.0 cm³/mol. The van der Waals surface area contributed by atoms with Crippen LogP contribution in [0.25, 0.3) is 0 Å². The normalized spacial score (nSPS) is 36.2. The molecule has 0 spiro atoms. The Hall–Kier alpha value is -1.56. The van der Waals surface area contributed by atoms with Crippen molar-refractivity contribution in [2.75, 3.05) is 12.1 Å². The van der Waals surface area contributed by atoms with Gasteiger partial charge in [0.1, 0.15) is 0 Å². The van der Waals surface area contributed by atoms with Crippen LogP contribution in [-0.2, 0) is 4.79 Å². The van der Waals surface area contributed by atoms with E-state index < -0.39 is 0 Å². The molecule has 2 atom stereocenters. The number of nitrogens with one attached hydrogen (secondary N) is 1. The average Bonchev–Trinajstić information content (AvgIpc) is 2.98. The number of ketones is 1. The van der Waals surface area contributed by atoms with Crippen LogP contribution in [0, 0.1) is 17.3 Å². The largest absolute Gasteiger partial charge is 0.454 e. The van der Waals surface area contributed by atoms with Crippen molar-refractivity contribution in [1.29, 1.82) is 0 Å². The SMILES string of the molecule is CC(=O)c1cc2c(cc1NC(=O)C13CC4CC(CC(Br)(C4)C1)C3)OCO2. The third kappa shape index (κ3) is 2.48. The lowest BCUT2D eigenvalue weighted by Gasteiger charge is -2.59. The van der Waals surface area contributed by atoms with Crippen molar-refractivity contribution in [2.24, 2.45) is 17.3 Å². The number of halogens is 1. The van der Waals surface area contributed by atoms with Crippen molar-refractivity contribution in [2.45, 2.75) is 49.8 Å². The lowest BCUT2D eigenvalue weighted by Crippen LogP contribution is -2.57. The molecule has 4 fully saturated rings. The van der Waals surface area contributed by atoms with Gasteiger partial charge in [0.2, 0.25) is 12.7 Å². The van der Waals surface area contributed by atoms with E-state index in [1.54, 1.807) is 12.1 Å². The first-order valence-electron chi connectivity index (χ1n) is 9.31. The molecule has 1 N–H and O–H groups in total. The molecule has 138 valence electrons. The number of hydrogen-bond acceptors (Lipinski definition) is 4. The van der Waals surface area contributed by atoms with Crippen LogP contribution < -0.4 is 14.8 Å². The lowest BCUT2D eigenvalue weighted by molar-refractivity contribution is -0.138. The highest BCUT2D eigenvalue weighted by molar-refractivity contribution is 9.10. The van der Waals surface area contributed by atoms with Crippen molar-refractivity contribution in [3.8, 4) is 11.5 Å². The number of rotatable bonds is 3. The van der Waals surface area contributed by atoms with Crippen LogP contribution in [0.4, 0.5) is 5.69 Å². The first kappa shape index (κ1) is 16.6. The monoisotopic (exact) mass is 419 g/mol. The molecule has 4 bridgehead atoms. The molecule has 26 heavy (non-hydrogen) atoms. The number of benzene rings is 1. The molecule has 6 rings (SSSR count). The van der Waals surface area contributed by atoms with E-state index in [1.165, 1.54) is 26.2 Å². The maximum absolute atomic E-state index is 13.4. The van der Waals surface area contributed by atoms with Crippen LogP contribution in [0.3, 0.4) is 0 Å². The second-order valence-corrected chi connectivity index (χ2v) is 10.3. The van der Waals surface area contributed by atoms with Crippen LogP contribution >= 0.6 is 15.9 Å². The zero-order valence-electron chi connectivity index (χ0n) is 14.8. The summed E-state index contributed by atoms with van der Waals surface area (Å²) in [7, 11) is 0. The van der Waals surface area contributed by atoms with Crippen LogP contribution in [0.15, 0.2) is 12.1 Å². The molecule has 0 aromatic heterocycles. The number of carbonyl (C=O) groups excluding carboxylic acids is 2. The van der Waals surface area contributed by atoms with Gasteiger partial charge >= 0.3 is 0 Å². The van der Waals surface area contributed by atoms with Gasteiger partial charge < -0.3 is 14.8 Å². The highest BCUT2D eigenvalue weighted by Crippen LogP contribution is 2.64. The second kappa shape index (κ2) is 5.47. The van der Waals surface area contributed by atoms with Gasteiger partial charge in [0.25, 0.3) is 0 Å². The minimum Gasteiger partial charge on any atom is -0.454 e. The molecule has 1 heterocycles. The van der Waals surface area contributed by atoms with Gasteiger partial charge in [0.15, 0.2) is 17.3 Å². The summed E-state index contributed by atoms with van der Waals surface area (Å²) >= 11 is 3.95. The van der Waals surface area contributed by atoms with Crippen molar-refractivity contribution in [3.05, 3.63) is 17.7 Å². The summed E-state index contributed by atoms with van der Waals surface area (Å²) in [6.07, 6.45) is 6.43. The summed E-state index contributed by atoms with van der Waals surface area (Å²) < 4.78 is 10.9. The molecule has 1 amide bonds. The fourth-order valence-electron chi connectivity index (χ4n) is 6.01. The van der Waals surface area contributed by atoms with E-state index in [-0.39, 0.29) is 28.2 Å². The zero-order chi connectivity index (χ0) is 18.1. The van der Waals surface area contributed by atoms with Gasteiger partial charge in [-0.2, -0.15) is 0 Å². The summed E-state index contributed by atoms with van der Waals surface area (Å²) in [5, 5.41) is 3.08. The van der Waals surface area contributed by atoms with E-state index >= 15 is 0 Å². The van der Waals surface area contributed by atoms with Crippen LogP contribution in [0.1, 0.15) is 55.8 Å². The van der Waals surface area contributed by atoms with Gasteiger partial charge in [0.05, 0.1) is 11.1 Å². The van der Waals surface area contributed by atoms with E-state index in [2.05, 4.69) is 21.2 Å². The molecule has 5 aliphatic rings. The highest BCUT2D eigenvalue weighted by atomic mass is 79.9. The smallest absolute Gasteiger partial charge is 0.231 e. The van der Waals surface area contributed by atoms with Crippen LogP contribution in [-0.4, -0.2) is 22.8 Å². The number of anilines is 1. The van der Waals surface area contributed by atoms with Gasteiger partial charge in [-0.05, 0) is 63.4 Å². The first-order chi connectivity index (χ1) is 12.4. The van der Waals surface area contributed by atoms with Crippen molar-refractivity contribution in [1.82, 2.24) is 0 Å². The number of hydrogen-bond donors (Lipinski definition) is 1. The summed E-state index contributed by atoms with van der Waals surface area (Å²) in [5.41, 5.74) is 0.685. The first-order valence-corrected chi connectivity index (χ1v) is 10.1. The molecule has 4 aliphatic carbocycles. The molecule has 0 saturated heterocycles. The molecular formula is C20H22BrNO4. The van der Waals surface area contributed by atoms with Gasteiger partial charge in [-0.1, -0.05) is 15.9 Å². The third-order valence-corrected chi connectivity index (χ3v) is 7.54. The molecule has 1 aromatic rings. The van der Waals surface area contributed by atoms with Gasteiger partial charge in [0, 0.05) is 16.0 Å². The molecule has 1 aliphatic heterocycles. The maximum Gasteiger partial charge on any atom is 0.231 e. The van der Waals surface area contributed by atoms with Gasteiger partial charge in [-0.3, -0.25) is 9.59 Å². The summed E-state index contributed by atoms with van der Waals surface area (Å²) in [6, 6.07) is 3.40. The maximum atomic E-state index is 13.4. The number of alkyl halides is 1. The average molecular weight is 420 g/mol. The predicted octanol–water partition coefficient (Wildman–Crippen LogP) is 4.29. The summed E-state index contributed by atoms with van der Waals surface area (Å²) in [5.74, 6) is 2.35. The Balaban J connectivity index is 1.47. The fourth-order valence-corrected chi connectivity index (χ4v) is 7.46. The Labute approximate surface area is 160 Å². The topological polar surface area (TPSA) is 64.6 Å². The standard InChI is InChI=1S/C20H22BrNO4/c1-11(23)14-3-16-17(26-10-25-16)4-15(14)22-18(24)19-5-12-2-13(6-19)8-20(21,7-12)9-19/h3-4,12-13H,2,5-10H2,1H3,(H,22,24). The minimum absolute atomic E-state index is 0.0526. The molecule has 5 nitrogen and oxygen atoms in total. The van der Waals surface area contributed by atoms with Gasteiger partial charge in [-0.15, -0.1) is 0 Å². The molecule has 4 saturated carbocycles. The van der Waals surface area contributed by atoms with Crippen LogP contribution in [0.5, 0.6) is 11.5 Å². The number of Topliss-reactive ketones (excluding diaryl/α,β-unsaturated/α-hetero) is 1. The molecular weight excluding hydrogens is 398 g/mol. The van der Waals surface area contributed by atoms with E-state index in [0.29, 0.717) is 34.6 Å². The summed E-state index contributed by atoms with van der Waals surface area (Å²) in [4.78, 5) is 25.5. The number of carbonyl (C=O) groups is 2. The quantitative estimate of drug-likeness (QED) is 0.586. The van der Waals surface area contributed by atoms with Crippen molar-refractivity contribution < 1.29 is 19.1 Å². The Morgan fingerprint density at radius 3 is 2.38 bits per heavy atom. The Kier molecular flexibility index (Phi) is 3.49.